The van der Waals surface area contributed by atoms with Gasteiger partial charge in [-0.2, -0.15) is 0 Å². The van der Waals surface area contributed by atoms with Crippen LogP contribution >= 0.6 is 0 Å². The molecule has 0 amide bonds. The van der Waals surface area contributed by atoms with Crippen molar-refractivity contribution in [2.45, 2.75) is 33.2 Å². The van der Waals surface area contributed by atoms with Crippen molar-refractivity contribution in [1.29, 1.82) is 0 Å². The minimum absolute atomic E-state index is 0.0541. The van der Waals surface area contributed by atoms with Crippen molar-refractivity contribution in [2.75, 3.05) is 11.4 Å². The molecule has 6 nitrogen and oxygen atoms in total. The summed E-state index contributed by atoms with van der Waals surface area (Å²) in [6, 6.07) is 4.74. The van der Waals surface area contributed by atoms with Crippen molar-refractivity contribution >= 4 is 17.3 Å². The number of nitro benzene ring substituents is 1. The summed E-state index contributed by atoms with van der Waals surface area (Å²) in [5.74, 6) is -1.00. The number of carboxylic acids is 1. The molecule has 1 atom stereocenters. The highest BCUT2D eigenvalue weighted by Gasteiger charge is 2.24. The van der Waals surface area contributed by atoms with E-state index in [1.165, 1.54) is 6.07 Å². The molecule has 0 aliphatic carbocycles. The molecule has 104 valence electrons. The zero-order valence-electron chi connectivity index (χ0n) is 11.3. The molecule has 0 spiro atoms. The standard InChI is InChI=1S/C13H18N2O4/c1-4-10(3)14(8-13(16)17)11-6-5-9(2)7-12(11)15(18)19/h5-7,10H,4,8H2,1-3H3,(H,16,17). The average Bonchev–Trinajstić information content (AvgIpc) is 2.35. The van der Waals surface area contributed by atoms with Crippen LogP contribution in [0.3, 0.4) is 0 Å². The summed E-state index contributed by atoms with van der Waals surface area (Å²) in [6.45, 7) is 5.28. The largest absolute Gasteiger partial charge is 0.480 e. The Labute approximate surface area is 111 Å². The normalized spacial score (nSPS) is 11.9. The van der Waals surface area contributed by atoms with Crippen LogP contribution in [0.5, 0.6) is 0 Å². The van der Waals surface area contributed by atoms with Gasteiger partial charge in [0.15, 0.2) is 0 Å². The third-order valence-corrected chi connectivity index (χ3v) is 3.07. The predicted octanol–water partition coefficient (Wildman–Crippen LogP) is 2.59. The SMILES string of the molecule is CCC(C)N(CC(=O)O)c1ccc(C)cc1[N+](=O)[O-]. The highest BCUT2D eigenvalue weighted by molar-refractivity contribution is 5.76. The van der Waals surface area contributed by atoms with E-state index in [9.17, 15) is 14.9 Å². The smallest absolute Gasteiger partial charge is 0.323 e. The van der Waals surface area contributed by atoms with Gasteiger partial charge in [-0.05, 0) is 31.9 Å². The topological polar surface area (TPSA) is 83.7 Å². The summed E-state index contributed by atoms with van der Waals surface area (Å²) in [7, 11) is 0. The number of carbonyl (C=O) groups is 1. The Morgan fingerprint density at radius 3 is 2.63 bits per heavy atom. The minimum Gasteiger partial charge on any atom is -0.480 e. The van der Waals surface area contributed by atoms with Crippen LogP contribution in [0.15, 0.2) is 18.2 Å². The maximum atomic E-state index is 11.1. The van der Waals surface area contributed by atoms with Gasteiger partial charge in [-0.25, -0.2) is 0 Å². The Morgan fingerprint density at radius 1 is 1.53 bits per heavy atom. The lowest BCUT2D eigenvalue weighted by molar-refractivity contribution is -0.384. The number of benzene rings is 1. The van der Waals surface area contributed by atoms with Crippen LogP contribution in [0.2, 0.25) is 0 Å². The van der Waals surface area contributed by atoms with Gasteiger partial charge >= 0.3 is 5.97 Å². The third kappa shape index (κ3) is 3.67. The van der Waals surface area contributed by atoms with Crippen molar-refractivity contribution < 1.29 is 14.8 Å². The molecule has 0 bridgehead atoms. The fraction of sp³-hybridized carbons (Fsp3) is 0.462. The molecule has 1 N–H and O–H groups in total. The van der Waals surface area contributed by atoms with Gasteiger partial charge in [-0.15, -0.1) is 0 Å². The van der Waals surface area contributed by atoms with Gasteiger partial charge in [0.2, 0.25) is 0 Å². The maximum Gasteiger partial charge on any atom is 0.323 e. The second-order valence-corrected chi connectivity index (χ2v) is 4.53. The Morgan fingerprint density at radius 2 is 2.16 bits per heavy atom. The highest BCUT2D eigenvalue weighted by Crippen LogP contribution is 2.30. The summed E-state index contributed by atoms with van der Waals surface area (Å²) in [4.78, 5) is 23.1. The number of aliphatic carboxylic acids is 1. The van der Waals surface area contributed by atoms with Crippen LogP contribution in [0.25, 0.3) is 0 Å². The first-order valence-electron chi connectivity index (χ1n) is 6.10. The Bertz CT molecular complexity index is 488. The molecule has 0 saturated heterocycles. The fourth-order valence-electron chi connectivity index (χ4n) is 1.87. The van der Waals surface area contributed by atoms with E-state index in [-0.39, 0.29) is 18.3 Å². The number of nitrogens with zero attached hydrogens (tertiary/aromatic N) is 2. The number of anilines is 1. The fourth-order valence-corrected chi connectivity index (χ4v) is 1.87. The summed E-state index contributed by atoms with van der Waals surface area (Å²) in [5.41, 5.74) is 1.07. The van der Waals surface area contributed by atoms with Crippen LogP contribution in [0.4, 0.5) is 11.4 Å². The molecule has 0 aliphatic rings. The Kier molecular flexibility index (Phi) is 4.86. The van der Waals surface area contributed by atoms with E-state index < -0.39 is 10.9 Å². The van der Waals surface area contributed by atoms with E-state index in [1.807, 2.05) is 13.8 Å². The second-order valence-electron chi connectivity index (χ2n) is 4.53. The molecule has 6 heteroatoms. The van der Waals surface area contributed by atoms with Gasteiger partial charge in [-0.3, -0.25) is 14.9 Å². The van der Waals surface area contributed by atoms with E-state index >= 15 is 0 Å². The molecule has 0 aromatic heterocycles. The lowest BCUT2D eigenvalue weighted by atomic mass is 10.1. The van der Waals surface area contributed by atoms with Crippen molar-refractivity contribution in [3.63, 3.8) is 0 Å². The number of hydrogen-bond donors (Lipinski definition) is 1. The number of aryl methyl sites for hydroxylation is 1. The maximum absolute atomic E-state index is 11.1. The van der Waals surface area contributed by atoms with E-state index in [0.29, 0.717) is 12.1 Å². The molecule has 0 fully saturated rings. The molecule has 0 radical (unpaired) electrons. The molecule has 0 aliphatic heterocycles. The number of nitro groups is 1. The van der Waals surface area contributed by atoms with E-state index in [0.717, 1.165) is 5.56 Å². The first kappa shape index (κ1) is 14.9. The summed E-state index contributed by atoms with van der Waals surface area (Å²) in [5, 5.41) is 20.1. The van der Waals surface area contributed by atoms with Gasteiger partial charge in [0.05, 0.1) is 4.92 Å². The van der Waals surface area contributed by atoms with Gasteiger partial charge in [0.1, 0.15) is 12.2 Å². The average molecular weight is 266 g/mol. The molecule has 0 heterocycles. The first-order chi connectivity index (χ1) is 8.86. The van der Waals surface area contributed by atoms with Gasteiger partial charge in [0, 0.05) is 12.1 Å². The van der Waals surface area contributed by atoms with Crippen molar-refractivity contribution in [2.24, 2.45) is 0 Å². The lowest BCUT2D eigenvalue weighted by Crippen LogP contribution is -2.37. The zero-order valence-corrected chi connectivity index (χ0v) is 11.3. The van der Waals surface area contributed by atoms with Crippen LogP contribution < -0.4 is 4.90 Å². The minimum atomic E-state index is -1.00. The van der Waals surface area contributed by atoms with E-state index in [1.54, 1.807) is 24.0 Å². The van der Waals surface area contributed by atoms with Crippen LogP contribution in [0.1, 0.15) is 25.8 Å². The Hall–Kier alpha value is -2.11. The third-order valence-electron chi connectivity index (χ3n) is 3.07. The summed E-state index contributed by atoms with van der Waals surface area (Å²) < 4.78 is 0. The molecule has 1 aromatic carbocycles. The molecule has 0 saturated carbocycles. The van der Waals surface area contributed by atoms with Gasteiger partial charge in [0.25, 0.3) is 5.69 Å². The summed E-state index contributed by atoms with van der Waals surface area (Å²) in [6.07, 6.45) is 0.707. The second kappa shape index (κ2) is 6.17. The highest BCUT2D eigenvalue weighted by atomic mass is 16.6. The van der Waals surface area contributed by atoms with Crippen molar-refractivity contribution in [3.05, 3.63) is 33.9 Å². The van der Waals surface area contributed by atoms with Crippen LogP contribution in [-0.4, -0.2) is 28.6 Å². The summed E-state index contributed by atoms with van der Waals surface area (Å²) >= 11 is 0. The number of rotatable bonds is 6. The quantitative estimate of drug-likeness (QED) is 0.632. The number of hydrogen-bond acceptors (Lipinski definition) is 4. The number of carboxylic acid groups (broad SMARTS) is 1. The molecular formula is C13H18N2O4. The van der Waals surface area contributed by atoms with Crippen molar-refractivity contribution in [3.8, 4) is 0 Å². The molecule has 1 unspecified atom stereocenters. The van der Waals surface area contributed by atoms with E-state index in [2.05, 4.69) is 0 Å². The first-order valence-corrected chi connectivity index (χ1v) is 6.10. The Balaban J connectivity index is 3.28. The van der Waals surface area contributed by atoms with Crippen LogP contribution in [0, 0.1) is 17.0 Å². The van der Waals surface area contributed by atoms with E-state index in [4.69, 9.17) is 5.11 Å². The predicted molar refractivity (Wildman–Crippen MR) is 72.6 cm³/mol. The molecular weight excluding hydrogens is 248 g/mol. The van der Waals surface area contributed by atoms with Crippen LogP contribution in [-0.2, 0) is 4.79 Å². The van der Waals surface area contributed by atoms with Gasteiger partial charge in [-0.1, -0.05) is 13.0 Å². The zero-order chi connectivity index (χ0) is 14.6. The molecule has 1 rings (SSSR count). The monoisotopic (exact) mass is 266 g/mol. The van der Waals surface area contributed by atoms with Gasteiger partial charge < -0.3 is 10.0 Å². The lowest BCUT2D eigenvalue weighted by Gasteiger charge is -2.28. The van der Waals surface area contributed by atoms with Crippen molar-refractivity contribution in [1.82, 2.24) is 0 Å². The molecule has 1 aromatic rings. The molecule has 19 heavy (non-hydrogen) atoms.